The third-order valence-electron chi connectivity index (χ3n) is 4.83. The summed E-state index contributed by atoms with van der Waals surface area (Å²) in [5, 5.41) is 10.4. The third kappa shape index (κ3) is 5.68. The lowest BCUT2D eigenvalue weighted by atomic mass is 10.2. The van der Waals surface area contributed by atoms with E-state index in [1.807, 2.05) is 24.3 Å². The van der Waals surface area contributed by atoms with E-state index in [4.69, 9.17) is 4.74 Å². The average molecular weight is 525 g/mol. The Bertz CT molecular complexity index is 1240. The summed E-state index contributed by atoms with van der Waals surface area (Å²) in [7, 11) is 0. The van der Waals surface area contributed by atoms with E-state index in [0.29, 0.717) is 10.7 Å². The monoisotopic (exact) mass is 524 g/mol. The van der Waals surface area contributed by atoms with Gasteiger partial charge in [-0.2, -0.15) is 0 Å². The number of halogens is 1. The lowest BCUT2D eigenvalue weighted by Gasteiger charge is -2.12. The topological polar surface area (TPSA) is 89.7 Å². The number of ether oxygens (including phenoxy) is 1. The standard InChI is InChI=1S/C24H17BrN2O5S/c25-19-3-1-2-18(12-19)14-26-23(28)22(33-24(26)29)13-16-6-10-21(11-7-16)32-15-17-4-8-20(9-5-17)27(30)31/h1-13H,14-15H2/b22-13+. The smallest absolute Gasteiger partial charge is 0.293 e. The van der Waals surface area contributed by atoms with Crippen LogP contribution in [0.2, 0.25) is 0 Å². The Morgan fingerprint density at radius 2 is 1.73 bits per heavy atom. The number of imide groups is 1. The molecule has 0 saturated carbocycles. The van der Waals surface area contributed by atoms with Gasteiger partial charge in [-0.3, -0.25) is 24.6 Å². The number of non-ortho nitro benzene ring substituents is 1. The normalized spacial score (nSPS) is 14.7. The van der Waals surface area contributed by atoms with Crippen LogP contribution < -0.4 is 4.74 Å². The summed E-state index contributed by atoms with van der Waals surface area (Å²) in [5.41, 5.74) is 2.47. The van der Waals surface area contributed by atoms with Gasteiger partial charge >= 0.3 is 0 Å². The highest BCUT2D eigenvalue weighted by Crippen LogP contribution is 2.33. The quantitative estimate of drug-likeness (QED) is 0.208. The fourth-order valence-corrected chi connectivity index (χ4v) is 4.43. The highest BCUT2D eigenvalue weighted by molar-refractivity contribution is 9.10. The van der Waals surface area contributed by atoms with E-state index >= 15 is 0 Å². The molecule has 1 saturated heterocycles. The Morgan fingerprint density at radius 1 is 1.00 bits per heavy atom. The number of thioether (sulfide) groups is 1. The van der Waals surface area contributed by atoms with Crippen molar-refractivity contribution in [3.8, 4) is 5.75 Å². The Kier molecular flexibility index (Phi) is 6.90. The summed E-state index contributed by atoms with van der Waals surface area (Å²) in [5.74, 6) is 0.303. The lowest BCUT2D eigenvalue weighted by molar-refractivity contribution is -0.384. The van der Waals surface area contributed by atoms with E-state index in [9.17, 15) is 19.7 Å². The zero-order valence-corrected chi connectivity index (χ0v) is 19.5. The van der Waals surface area contributed by atoms with Crippen molar-refractivity contribution >= 4 is 50.6 Å². The van der Waals surface area contributed by atoms with E-state index < -0.39 is 4.92 Å². The van der Waals surface area contributed by atoms with Crippen LogP contribution in [0.4, 0.5) is 10.5 Å². The van der Waals surface area contributed by atoms with Gasteiger partial charge in [0.15, 0.2) is 0 Å². The van der Waals surface area contributed by atoms with Crippen molar-refractivity contribution in [2.75, 3.05) is 0 Å². The fourth-order valence-electron chi connectivity index (χ4n) is 3.15. The summed E-state index contributed by atoms with van der Waals surface area (Å²) in [4.78, 5) is 37.0. The fraction of sp³-hybridized carbons (Fsp3) is 0.0833. The second-order valence-corrected chi connectivity index (χ2v) is 9.09. The Morgan fingerprint density at radius 3 is 2.39 bits per heavy atom. The van der Waals surface area contributed by atoms with Crippen molar-refractivity contribution in [1.29, 1.82) is 0 Å². The number of hydrogen-bond acceptors (Lipinski definition) is 6. The molecule has 9 heteroatoms. The molecule has 1 aliphatic rings. The second kappa shape index (κ2) is 10.0. The first-order chi connectivity index (χ1) is 15.9. The zero-order valence-electron chi connectivity index (χ0n) is 17.1. The number of amides is 2. The largest absolute Gasteiger partial charge is 0.489 e. The Labute approximate surface area is 202 Å². The van der Waals surface area contributed by atoms with Gasteiger partial charge in [0.25, 0.3) is 16.8 Å². The van der Waals surface area contributed by atoms with Crippen molar-refractivity contribution < 1.29 is 19.2 Å². The van der Waals surface area contributed by atoms with Crippen LogP contribution >= 0.6 is 27.7 Å². The van der Waals surface area contributed by atoms with Crippen LogP contribution in [0.5, 0.6) is 5.75 Å². The lowest BCUT2D eigenvalue weighted by Crippen LogP contribution is -2.27. The maximum Gasteiger partial charge on any atom is 0.293 e. The minimum atomic E-state index is -0.446. The van der Waals surface area contributed by atoms with E-state index in [-0.39, 0.29) is 30.0 Å². The summed E-state index contributed by atoms with van der Waals surface area (Å²) >= 11 is 4.32. The predicted molar refractivity (Wildman–Crippen MR) is 130 cm³/mol. The molecule has 0 bridgehead atoms. The third-order valence-corrected chi connectivity index (χ3v) is 6.23. The molecule has 0 atom stereocenters. The number of rotatable bonds is 7. The molecule has 0 aromatic heterocycles. The minimum Gasteiger partial charge on any atom is -0.489 e. The van der Waals surface area contributed by atoms with Crippen molar-refractivity contribution in [3.63, 3.8) is 0 Å². The molecule has 0 N–H and O–H groups in total. The molecule has 0 unspecified atom stereocenters. The highest BCUT2D eigenvalue weighted by Gasteiger charge is 2.34. The van der Waals surface area contributed by atoms with Crippen molar-refractivity contribution in [2.24, 2.45) is 0 Å². The predicted octanol–water partition coefficient (Wildman–Crippen LogP) is 6.17. The molecule has 1 fully saturated rings. The molecular weight excluding hydrogens is 508 g/mol. The molecular formula is C24H17BrN2O5S. The molecule has 33 heavy (non-hydrogen) atoms. The average Bonchev–Trinajstić information content (AvgIpc) is 3.06. The molecule has 2 amide bonds. The molecule has 166 valence electrons. The van der Waals surface area contributed by atoms with Gasteiger partial charge in [0.2, 0.25) is 0 Å². The minimum absolute atomic E-state index is 0.0316. The molecule has 3 aromatic rings. The summed E-state index contributed by atoms with van der Waals surface area (Å²) in [6.45, 7) is 0.489. The molecule has 0 spiro atoms. The maximum atomic E-state index is 12.7. The van der Waals surface area contributed by atoms with E-state index in [2.05, 4.69) is 15.9 Å². The molecule has 0 aliphatic carbocycles. The van der Waals surface area contributed by atoms with Crippen LogP contribution in [-0.4, -0.2) is 21.0 Å². The van der Waals surface area contributed by atoms with Crippen LogP contribution in [0.15, 0.2) is 82.2 Å². The van der Waals surface area contributed by atoms with Gasteiger partial charge in [-0.1, -0.05) is 40.2 Å². The van der Waals surface area contributed by atoms with Gasteiger partial charge < -0.3 is 4.74 Å². The van der Waals surface area contributed by atoms with Crippen LogP contribution in [0.1, 0.15) is 16.7 Å². The van der Waals surface area contributed by atoms with Crippen molar-refractivity contribution in [1.82, 2.24) is 4.90 Å². The number of benzene rings is 3. The number of carbonyl (C=O) groups is 2. The first kappa shape index (κ1) is 22.8. The number of carbonyl (C=O) groups excluding carboxylic acids is 2. The van der Waals surface area contributed by atoms with Crippen LogP contribution in [0.25, 0.3) is 6.08 Å². The summed E-state index contributed by atoms with van der Waals surface area (Å²) in [6, 6.07) is 20.8. The molecule has 4 rings (SSSR count). The summed E-state index contributed by atoms with van der Waals surface area (Å²) in [6.07, 6.45) is 1.69. The zero-order chi connectivity index (χ0) is 23.4. The Hall–Kier alpha value is -3.43. The van der Waals surface area contributed by atoms with Gasteiger partial charge in [0, 0.05) is 16.6 Å². The van der Waals surface area contributed by atoms with Crippen LogP contribution in [0, 0.1) is 10.1 Å². The molecule has 1 heterocycles. The molecule has 7 nitrogen and oxygen atoms in total. The van der Waals surface area contributed by atoms with Gasteiger partial charge in [-0.25, -0.2) is 0 Å². The van der Waals surface area contributed by atoms with Crippen molar-refractivity contribution in [2.45, 2.75) is 13.2 Å². The molecule has 3 aromatic carbocycles. The van der Waals surface area contributed by atoms with Gasteiger partial charge in [-0.05, 0) is 70.9 Å². The maximum absolute atomic E-state index is 12.7. The van der Waals surface area contributed by atoms with Gasteiger partial charge in [0.1, 0.15) is 12.4 Å². The molecule has 0 radical (unpaired) electrons. The number of nitro benzene ring substituents is 1. The number of hydrogen-bond donors (Lipinski definition) is 0. The van der Waals surface area contributed by atoms with Crippen LogP contribution in [-0.2, 0) is 17.9 Å². The van der Waals surface area contributed by atoms with Gasteiger partial charge in [-0.15, -0.1) is 0 Å². The SMILES string of the molecule is O=C1S/C(=C/c2ccc(OCc3ccc([N+](=O)[O-])cc3)cc2)C(=O)N1Cc1cccc(Br)c1. The second-order valence-electron chi connectivity index (χ2n) is 7.18. The molecule has 1 aliphatic heterocycles. The highest BCUT2D eigenvalue weighted by atomic mass is 79.9. The van der Waals surface area contributed by atoms with Gasteiger partial charge in [0.05, 0.1) is 16.4 Å². The number of nitro groups is 1. The van der Waals surface area contributed by atoms with E-state index in [0.717, 1.165) is 32.9 Å². The number of nitrogens with zero attached hydrogens (tertiary/aromatic N) is 2. The first-order valence-corrected chi connectivity index (χ1v) is 11.5. The first-order valence-electron chi connectivity index (χ1n) is 9.85. The Balaban J connectivity index is 1.38. The van der Waals surface area contributed by atoms with Crippen molar-refractivity contribution in [3.05, 3.63) is 109 Å². The summed E-state index contributed by atoms with van der Waals surface area (Å²) < 4.78 is 6.61. The van der Waals surface area contributed by atoms with E-state index in [1.54, 1.807) is 42.5 Å². The van der Waals surface area contributed by atoms with Crippen LogP contribution in [0.3, 0.4) is 0 Å². The van der Waals surface area contributed by atoms with E-state index in [1.165, 1.54) is 17.0 Å².